The van der Waals surface area contributed by atoms with E-state index >= 15 is 0 Å². The molecule has 0 N–H and O–H groups in total. The maximum absolute atomic E-state index is 13.4. The highest BCUT2D eigenvalue weighted by Gasteiger charge is 2.34. The summed E-state index contributed by atoms with van der Waals surface area (Å²) in [6.45, 7) is 2.74. The van der Waals surface area contributed by atoms with Gasteiger partial charge in [0.2, 0.25) is 5.91 Å². The van der Waals surface area contributed by atoms with Crippen LogP contribution in [0.1, 0.15) is 38.3 Å². The van der Waals surface area contributed by atoms with Crippen molar-refractivity contribution in [3.05, 3.63) is 36.0 Å². The van der Waals surface area contributed by atoms with Crippen molar-refractivity contribution in [2.24, 2.45) is 0 Å². The number of carbonyl (C=O) groups is 1. The lowest BCUT2D eigenvalue weighted by atomic mass is 10.0. The zero-order valence-corrected chi connectivity index (χ0v) is 17.7. The predicted octanol–water partition coefficient (Wildman–Crippen LogP) is 5.05. The summed E-state index contributed by atoms with van der Waals surface area (Å²) in [4.78, 5) is 22.4. The van der Waals surface area contributed by atoms with Gasteiger partial charge in [0.15, 0.2) is 5.16 Å². The zero-order valence-electron chi connectivity index (χ0n) is 16.9. The molecule has 1 aliphatic heterocycles. The summed E-state index contributed by atoms with van der Waals surface area (Å²) >= 11 is 0.943. The Balaban J connectivity index is 1.81. The second-order valence-corrected chi connectivity index (χ2v) is 8.02. The van der Waals surface area contributed by atoms with Crippen molar-refractivity contribution < 1.29 is 22.7 Å². The number of hydrogen-bond acceptors (Lipinski definition) is 5. The average molecular weight is 440 g/mol. The lowest BCUT2D eigenvalue weighted by molar-refractivity contribution is -0.141. The molecule has 1 atom stereocenters. The number of benzene rings is 1. The Bertz CT molecular complexity index is 875. The number of piperidine rings is 1. The second kappa shape index (κ2) is 9.68. The maximum Gasteiger partial charge on any atom is 0.433 e. The Labute approximate surface area is 178 Å². The quantitative estimate of drug-likeness (QED) is 0.466. The Kier molecular flexibility index (Phi) is 7.23. The number of ether oxygens (including phenoxy) is 1. The van der Waals surface area contributed by atoms with E-state index in [2.05, 4.69) is 9.97 Å². The molecule has 1 amide bonds. The molecular formula is C21H24F3N3O2S. The van der Waals surface area contributed by atoms with Gasteiger partial charge in [-0.05, 0) is 56.0 Å². The Morgan fingerprint density at radius 3 is 2.60 bits per heavy atom. The lowest BCUT2D eigenvalue weighted by Gasteiger charge is -2.35. The molecule has 3 rings (SSSR count). The summed E-state index contributed by atoms with van der Waals surface area (Å²) in [7, 11) is 1.51. The first kappa shape index (κ1) is 22.4. The van der Waals surface area contributed by atoms with Gasteiger partial charge in [0.05, 0.1) is 18.6 Å². The number of thioether (sulfide) groups is 1. The molecule has 1 aliphatic rings. The van der Waals surface area contributed by atoms with Gasteiger partial charge >= 0.3 is 6.18 Å². The van der Waals surface area contributed by atoms with Crippen LogP contribution in [-0.2, 0) is 11.0 Å². The fourth-order valence-corrected chi connectivity index (χ4v) is 4.25. The van der Waals surface area contributed by atoms with Gasteiger partial charge in [-0.25, -0.2) is 9.97 Å². The molecule has 1 aromatic heterocycles. The van der Waals surface area contributed by atoms with Gasteiger partial charge in [-0.1, -0.05) is 18.7 Å². The van der Waals surface area contributed by atoms with Crippen molar-refractivity contribution in [3.63, 3.8) is 0 Å². The number of halogens is 3. The van der Waals surface area contributed by atoms with Gasteiger partial charge in [-0.15, -0.1) is 0 Å². The summed E-state index contributed by atoms with van der Waals surface area (Å²) in [6.07, 6.45) is -0.720. The molecule has 162 valence electrons. The van der Waals surface area contributed by atoms with Gasteiger partial charge in [-0.2, -0.15) is 13.2 Å². The first-order valence-corrected chi connectivity index (χ1v) is 10.8. The summed E-state index contributed by atoms with van der Waals surface area (Å²) < 4.78 is 45.2. The highest BCUT2D eigenvalue weighted by molar-refractivity contribution is 7.99. The number of hydrogen-bond donors (Lipinski definition) is 0. The maximum atomic E-state index is 13.4. The van der Waals surface area contributed by atoms with Crippen molar-refractivity contribution in [2.45, 2.75) is 50.0 Å². The van der Waals surface area contributed by atoms with E-state index in [0.717, 1.165) is 43.5 Å². The van der Waals surface area contributed by atoms with E-state index in [1.54, 1.807) is 24.3 Å². The molecule has 0 aliphatic carbocycles. The van der Waals surface area contributed by atoms with Crippen molar-refractivity contribution in [2.75, 3.05) is 19.4 Å². The normalized spacial score (nSPS) is 17.1. The SMILES string of the molecule is CC[C@@H]1CCCCN1C(=O)CSc1nc(-c2ccc(OC)cc2)cc(C(F)(F)F)n1. The number of rotatable bonds is 6. The Hall–Kier alpha value is -2.29. The third-order valence-corrected chi connectivity index (χ3v) is 5.96. The molecule has 9 heteroatoms. The van der Waals surface area contributed by atoms with Crippen LogP contribution in [0, 0.1) is 0 Å². The summed E-state index contributed by atoms with van der Waals surface area (Å²) in [6, 6.07) is 7.71. The number of carbonyl (C=O) groups excluding carboxylic acids is 1. The third-order valence-electron chi connectivity index (χ3n) is 5.13. The van der Waals surface area contributed by atoms with Crippen LogP contribution in [-0.4, -0.2) is 46.2 Å². The van der Waals surface area contributed by atoms with Crippen LogP contribution in [0.2, 0.25) is 0 Å². The average Bonchev–Trinajstić information content (AvgIpc) is 2.76. The van der Waals surface area contributed by atoms with E-state index in [0.29, 0.717) is 17.9 Å². The van der Waals surface area contributed by atoms with Crippen molar-refractivity contribution in [1.82, 2.24) is 14.9 Å². The molecule has 1 fully saturated rings. The van der Waals surface area contributed by atoms with Crippen LogP contribution in [0.4, 0.5) is 13.2 Å². The van der Waals surface area contributed by atoms with E-state index in [1.165, 1.54) is 7.11 Å². The predicted molar refractivity (Wildman–Crippen MR) is 109 cm³/mol. The van der Waals surface area contributed by atoms with Crippen LogP contribution in [0.25, 0.3) is 11.3 Å². The Morgan fingerprint density at radius 1 is 1.23 bits per heavy atom. The van der Waals surface area contributed by atoms with Gasteiger partial charge in [0.25, 0.3) is 0 Å². The second-order valence-electron chi connectivity index (χ2n) is 7.08. The van der Waals surface area contributed by atoms with E-state index in [9.17, 15) is 18.0 Å². The van der Waals surface area contributed by atoms with Crippen LogP contribution >= 0.6 is 11.8 Å². The summed E-state index contributed by atoms with van der Waals surface area (Å²) in [5, 5.41) is -0.0611. The number of aromatic nitrogens is 2. The van der Waals surface area contributed by atoms with Crippen LogP contribution < -0.4 is 4.74 Å². The molecule has 0 unspecified atom stereocenters. The topological polar surface area (TPSA) is 55.3 Å². The van der Waals surface area contributed by atoms with Crippen molar-refractivity contribution >= 4 is 17.7 Å². The number of likely N-dealkylation sites (tertiary alicyclic amines) is 1. The van der Waals surface area contributed by atoms with E-state index < -0.39 is 11.9 Å². The van der Waals surface area contributed by atoms with Gasteiger partial charge in [0, 0.05) is 18.2 Å². The van der Waals surface area contributed by atoms with E-state index in [-0.39, 0.29) is 28.6 Å². The lowest BCUT2D eigenvalue weighted by Crippen LogP contribution is -2.44. The fraction of sp³-hybridized carbons (Fsp3) is 0.476. The minimum atomic E-state index is -4.61. The molecule has 1 saturated heterocycles. The molecule has 0 spiro atoms. The molecule has 0 bridgehead atoms. The standard InChI is InChI=1S/C21H24F3N3O2S/c1-3-15-6-4-5-11-27(15)19(28)13-30-20-25-17(12-18(26-20)21(22,23)24)14-7-9-16(29-2)10-8-14/h7-10,12,15H,3-6,11,13H2,1-2H3/t15-/m1/s1. The Morgan fingerprint density at radius 2 is 1.97 bits per heavy atom. The third kappa shape index (κ3) is 5.44. The molecule has 1 aromatic carbocycles. The van der Waals surface area contributed by atoms with Crippen molar-refractivity contribution in [3.8, 4) is 17.0 Å². The number of alkyl halides is 3. The largest absolute Gasteiger partial charge is 0.497 e. The monoisotopic (exact) mass is 439 g/mol. The minimum absolute atomic E-state index is 0.0138. The molecule has 30 heavy (non-hydrogen) atoms. The zero-order chi connectivity index (χ0) is 21.7. The first-order valence-electron chi connectivity index (χ1n) is 9.84. The van der Waals surface area contributed by atoms with Crippen molar-refractivity contribution in [1.29, 1.82) is 0 Å². The highest BCUT2D eigenvalue weighted by atomic mass is 32.2. The molecule has 0 saturated carbocycles. The molecular weight excluding hydrogens is 415 g/mol. The first-order chi connectivity index (χ1) is 14.3. The molecule has 2 heterocycles. The smallest absolute Gasteiger partial charge is 0.433 e. The fourth-order valence-electron chi connectivity index (χ4n) is 3.51. The van der Waals surface area contributed by atoms with Gasteiger partial charge in [-0.3, -0.25) is 4.79 Å². The molecule has 0 radical (unpaired) electrons. The van der Waals surface area contributed by atoms with E-state index in [1.807, 2.05) is 11.8 Å². The summed E-state index contributed by atoms with van der Waals surface area (Å²) in [5.74, 6) is 0.523. The number of amides is 1. The van der Waals surface area contributed by atoms with Crippen LogP contribution in [0.5, 0.6) is 5.75 Å². The number of methoxy groups -OCH3 is 1. The highest BCUT2D eigenvalue weighted by Crippen LogP contribution is 2.32. The van der Waals surface area contributed by atoms with Crippen LogP contribution in [0.15, 0.2) is 35.5 Å². The molecule has 5 nitrogen and oxygen atoms in total. The van der Waals surface area contributed by atoms with Crippen LogP contribution in [0.3, 0.4) is 0 Å². The number of nitrogens with zero attached hydrogens (tertiary/aromatic N) is 3. The molecule has 2 aromatic rings. The van der Waals surface area contributed by atoms with E-state index in [4.69, 9.17) is 4.74 Å². The summed E-state index contributed by atoms with van der Waals surface area (Å²) in [5.41, 5.74) is -0.360. The van der Waals surface area contributed by atoms with Gasteiger partial charge < -0.3 is 9.64 Å². The minimum Gasteiger partial charge on any atom is -0.497 e. The van der Waals surface area contributed by atoms with Gasteiger partial charge in [0.1, 0.15) is 11.4 Å².